The van der Waals surface area contributed by atoms with Crippen LogP contribution in [0, 0.1) is 5.82 Å². The summed E-state index contributed by atoms with van der Waals surface area (Å²) in [7, 11) is 1.39. The van der Waals surface area contributed by atoms with Crippen molar-refractivity contribution in [2.75, 3.05) is 26.9 Å². The van der Waals surface area contributed by atoms with Gasteiger partial charge >= 0.3 is 5.97 Å². The zero-order chi connectivity index (χ0) is 28.5. The van der Waals surface area contributed by atoms with E-state index < -0.39 is 5.97 Å². The molecule has 0 unspecified atom stereocenters. The van der Waals surface area contributed by atoms with Gasteiger partial charge in [0.25, 0.3) is 0 Å². The monoisotopic (exact) mass is 560 g/mol. The summed E-state index contributed by atoms with van der Waals surface area (Å²) in [6, 6.07) is 9.72. The number of pyridine rings is 1. The summed E-state index contributed by atoms with van der Waals surface area (Å²) in [5.74, 6) is -0.128. The maximum Gasteiger partial charge on any atom is 0.342 e. The van der Waals surface area contributed by atoms with Gasteiger partial charge in [-0.25, -0.2) is 14.2 Å². The molecule has 9 nitrogen and oxygen atoms in total. The van der Waals surface area contributed by atoms with Crippen molar-refractivity contribution in [3.05, 3.63) is 87.7 Å². The summed E-state index contributed by atoms with van der Waals surface area (Å²) in [5.41, 5.74) is 4.83. The number of nitrogens with zero attached hydrogens (tertiary/aromatic N) is 4. The Morgan fingerprint density at radius 1 is 1.24 bits per heavy atom. The largest absolute Gasteiger partial charge is 0.488 e. The second-order valence-corrected chi connectivity index (χ2v) is 10.6. The first-order valence-corrected chi connectivity index (χ1v) is 13.9. The van der Waals surface area contributed by atoms with Gasteiger partial charge in [0.05, 0.1) is 25.6 Å². The Kier molecular flexibility index (Phi) is 7.59. The maximum absolute atomic E-state index is 15.7. The lowest BCUT2D eigenvalue weighted by molar-refractivity contribution is 0.0693. The number of halogens is 1. The number of ether oxygens (including phenoxy) is 3. The highest BCUT2D eigenvalue weighted by Gasteiger charge is 2.29. The molecule has 1 aromatic carbocycles. The van der Waals surface area contributed by atoms with Crippen molar-refractivity contribution in [2.24, 2.45) is 0 Å². The third kappa shape index (κ3) is 5.25. The maximum atomic E-state index is 15.7. The molecule has 1 aliphatic carbocycles. The van der Waals surface area contributed by atoms with E-state index >= 15 is 4.39 Å². The van der Waals surface area contributed by atoms with Crippen LogP contribution in [0.1, 0.15) is 58.9 Å². The van der Waals surface area contributed by atoms with E-state index in [2.05, 4.69) is 16.1 Å². The van der Waals surface area contributed by atoms with E-state index in [4.69, 9.17) is 19.2 Å². The fourth-order valence-electron chi connectivity index (χ4n) is 5.89. The first kappa shape index (κ1) is 27.2. The summed E-state index contributed by atoms with van der Waals surface area (Å²) in [6.45, 7) is 5.26. The minimum Gasteiger partial charge on any atom is -0.488 e. The molecular formula is C31H33FN4O5. The highest BCUT2D eigenvalue weighted by molar-refractivity contribution is 5.90. The lowest BCUT2D eigenvalue weighted by atomic mass is 9.94. The van der Waals surface area contributed by atoms with Crippen molar-refractivity contribution in [2.45, 2.75) is 51.8 Å². The minimum absolute atomic E-state index is 0.0521. The molecule has 0 radical (unpaired) electrons. The number of aromatic nitrogens is 3. The van der Waals surface area contributed by atoms with Crippen LogP contribution in [0.2, 0.25) is 0 Å². The van der Waals surface area contributed by atoms with Gasteiger partial charge in [-0.3, -0.25) is 4.90 Å². The van der Waals surface area contributed by atoms with Crippen LogP contribution >= 0.6 is 0 Å². The van der Waals surface area contributed by atoms with Crippen LogP contribution < -0.4 is 4.74 Å². The molecule has 1 fully saturated rings. The van der Waals surface area contributed by atoms with E-state index in [-0.39, 0.29) is 23.9 Å². The predicted molar refractivity (Wildman–Crippen MR) is 149 cm³/mol. The SMILES string of the molecule is COc1c(C(=O)O)cnn1-c1cccc(C2=CCCC(C)=C2OCc2ccc3c(c2F)CCN([C@H]2CCOC2)C3)n1. The van der Waals surface area contributed by atoms with Crippen LogP contribution in [-0.4, -0.2) is 63.7 Å². The Labute approximate surface area is 237 Å². The average molecular weight is 561 g/mol. The van der Waals surface area contributed by atoms with E-state index in [1.54, 1.807) is 6.07 Å². The molecule has 3 aliphatic rings. The number of fused-ring (bicyclic) bond motifs is 1. The van der Waals surface area contributed by atoms with E-state index in [0.29, 0.717) is 35.3 Å². The van der Waals surface area contributed by atoms with Crippen LogP contribution in [-0.2, 0) is 29.0 Å². The van der Waals surface area contributed by atoms with Crippen LogP contribution in [0.4, 0.5) is 4.39 Å². The molecule has 2 aliphatic heterocycles. The first-order chi connectivity index (χ1) is 19.9. The molecule has 6 rings (SSSR count). The van der Waals surface area contributed by atoms with Crippen molar-refractivity contribution < 1.29 is 28.5 Å². The van der Waals surface area contributed by atoms with Gasteiger partial charge < -0.3 is 19.3 Å². The van der Waals surface area contributed by atoms with Gasteiger partial charge in [0.1, 0.15) is 23.7 Å². The van der Waals surface area contributed by atoms with Crippen LogP contribution in [0.5, 0.6) is 5.88 Å². The van der Waals surface area contributed by atoms with Crippen molar-refractivity contribution in [1.82, 2.24) is 19.7 Å². The van der Waals surface area contributed by atoms with E-state index in [1.807, 2.05) is 31.2 Å². The van der Waals surface area contributed by atoms with E-state index in [1.165, 1.54) is 18.0 Å². The number of carboxylic acid groups (broad SMARTS) is 1. The van der Waals surface area contributed by atoms with Gasteiger partial charge in [0.15, 0.2) is 5.82 Å². The molecule has 41 heavy (non-hydrogen) atoms. The molecule has 1 atom stereocenters. The summed E-state index contributed by atoms with van der Waals surface area (Å²) >= 11 is 0. The Balaban J connectivity index is 1.22. The summed E-state index contributed by atoms with van der Waals surface area (Å²) in [5, 5.41) is 13.6. The normalized spacial score (nSPS) is 19.2. The van der Waals surface area contributed by atoms with E-state index in [0.717, 1.165) is 67.8 Å². The lowest BCUT2D eigenvalue weighted by Crippen LogP contribution is -2.40. The van der Waals surface area contributed by atoms with Crippen molar-refractivity contribution in [3.8, 4) is 11.7 Å². The predicted octanol–water partition coefficient (Wildman–Crippen LogP) is 4.93. The fourth-order valence-corrected chi connectivity index (χ4v) is 5.89. The molecule has 0 bridgehead atoms. The first-order valence-electron chi connectivity index (χ1n) is 13.9. The highest BCUT2D eigenvalue weighted by Crippen LogP contribution is 2.35. The molecule has 1 N–H and O–H groups in total. The van der Waals surface area contributed by atoms with Gasteiger partial charge in [-0.15, -0.1) is 0 Å². The number of carbonyl (C=O) groups is 1. The molecule has 2 aromatic heterocycles. The number of rotatable bonds is 8. The number of aromatic carboxylic acids is 1. The molecule has 10 heteroatoms. The number of methoxy groups -OCH3 is 1. The Bertz CT molecular complexity index is 1540. The van der Waals surface area contributed by atoms with Crippen LogP contribution in [0.15, 0.2) is 53.9 Å². The summed E-state index contributed by atoms with van der Waals surface area (Å²) in [6.07, 6.45) is 6.68. The van der Waals surface area contributed by atoms with Gasteiger partial charge in [0.2, 0.25) is 5.88 Å². The van der Waals surface area contributed by atoms with Crippen LogP contribution in [0.3, 0.4) is 0 Å². The minimum atomic E-state index is -1.14. The quantitative estimate of drug-likeness (QED) is 0.414. The zero-order valence-corrected chi connectivity index (χ0v) is 23.2. The van der Waals surface area contributed by atoms with E-state index in [9.17, 15) is 9.90 Å². The Hall–Kier alpha value is -4.02. The lowest BCUT2D eigenvalue weighted by Gasteiger charge is -2.33. The third-order valence-electron chi connectivity index (χ3n) is 8.11. The highest BCUT2D eigenvalue weighted by atomic mass is 19.1. The smallest absolute Gasteiger partial charge is 0.342 e. The second kappa shape index (κ2) is 11.5. The molecule has 4 heterocycles. The third-order valence-corrected chi connectivity index (χ3v) is 8.11. The number of hydrogen-bond donors (Lipinski definition) is 1. The number of hydrogen-bond acceptors (Lipinski definition) is 7. The van der Waals surface area contributed by atoms with Crippen molar-refractivity contribution in [3.63, 3.8) is 0 Å². The topological polar surface area (TPSA) is 98.9 Å². The van der Waals surface area contributed by atoms with Gasteiger partial charge in [0, 0.05) is 36.9 Å². The van der Waals surface area contributed by atoms with Gasteiger partial charge in [-0.05, 0) is 61.4 Å². The van der Waals surface area contributed by atoms with Crippen molar-refractivity contribution >= 4 is 11.5 Å². The number of benzene rings is 1. The Morgan fingerprint density at radius 2 is 2.12 bits per heavy atom. The molecule has 0 amide bonds. The number of allylic oxidation sites excluding steroid dienone is 3. The fraction of sp³-hybridized carbons (Fsp3) is 0.387. The van der Waals surface area contributed by atoms with Crippen LogP contribution in [0.25, 0.3) is 11.4 Å². The molecule has 1 saturated heterocycles. The standard InChI is InChI=1S/C31H33FN4O5/c1-19-5-3-6-24(26-7-4-8-27(34-26)36-30(39-2)25(15-33-36)31(37)38)29(19)41-17-21-10-9-20-16-35(22-12-14-40-18-22)13-11-23(20)28(21)32/h4,6-10,15,22H,3,5,11-14,16-18H2,1-2H3,(H,37,38)/t22-/m0/s1. The molecule has 0 saturated carbocycles. The zero-order valence-electron chi connectivity index (χ0n) is 23.2. The molecule has 3 aromatic rings. The summed E-state index contributed by atoms with van der Waals surface area (Å²) < 4.78 is 34.2. The molecule has 0 spiro atoms. The van der Waals surface area contributed by atoms with Gasteiger partial charge in [-0.2, -0.15) is 9.78 Å². The molecule has 214 valence electrons. The Morgan fingerprint density at radius 3 is 2.90 bits per heavy atom. The average Bonchev–Trinajstić information content (AvgIpc) is 3.68. The summed E-state index contributed by atoms with van der Waals surface area (Å²) in [4.78, 5) is 18.7. The van der Waals surface area contributed by atoms with Gasteiger partial charge in [-0.1, -0.05) is 24.3 Å². The second-order valence-electron chi connectivity index (χ2n) is 10.6. The van der Waals surface area contributed by atoms with Crippen molar-refractivity contribution in [1.29, 1.82) is 0 Å². The number of carboxylic acids is 1. The molecular weight excluding hydrogens is 527 g/mol.